The van der Waals surface area contributed by atoms with Gasteiger partial charge in [-0.25, -0.2) is 4.79 Å². The molecule has 1 heterocycles. The van der Waals surface area contributed by atoms with Gasteiger partial charge < -0.3 is 19.1 Å². The number of hydrogen-bond acceptors (Lipinski definition) is 6. The van der Waals surface area contributed by atoms with E-state index >= 15 is 0 Å². The summed E-state index contributed by atoms with van der Waals surface area (Å²) in [5, 5.41) is 0.948. The number of methoxy groups -OCH3 is 1. The molecule has 0 atom stereocenters. The highest BCUT2D eigenvalue weighted by Crippen LogP contribution is 2.36. The van der Waals surface area contributed by atoms with Gasteiger partial charge in [-0.2, -0.15) is 0 Å². The van der Waals surface area contributed by atoms with Crippen molar-refractivity contribution >= 4 is 28.0 Å². The average molecular weight is 460 g/mol. The van der Waals surface area contributed by atoms with Crippen LogP contribution in [0.4, 0.5) is 10.7 Å². The molecule has 0 saturated carbocycles. The van der Waals surface area contributed by atoms with Crippen LogP contribution in [-0.2, 0) is 11.3 Å². The first-order valence-electron chi connectivity index (χ1n) is 10.7. The van der Waals surface area contributed by atoms with Crippen LogP contribution < -0.4 is 14.4 Å². The van der Waals surface area contributed by atoms with Crippen LogP contribution in [0.15, 0.2) is 91.0 Å². The van der Waals surface area contributed by atoms with Crippen molar-refractivity contribution in [2.24, 2.45) is 0 Å². The Labute approximate surface area is 197 Å². The predicted octanol–water partition coefficient (Wildman–Crippen LogP) is 7.06. The van der Waals surface area contributed by atoms with Gasteiger partial charge >= 0.3 is 5.97 Å². The molecular weight excluding hydrogens is 434 g/mol. The van der Waals surface area contributed by atoms with Crippen LogP contribution in [0.1, 0.15) is 22.2 Å². The molecule has 0 saturated heterocycles. The van der Waals surface area contributed by atoms with E-state index in [0.29, 0.717) is 18.0 Å². The van der Waals surface area contributed by atoms with Gasteiger partial charge in [-0.05, 0) is 61.0 Å². The number of benzene rings is 3. The lowest BCUT2D eigenvalue weighted by atomic mass is 10.2. The van der Waals surface area contributed by atoms with Crippen LogP contribution in [0.2, 0.25) is 0 Å². The summed E-state index contributed by atoms with van der Waals surface area (Å²) in [6.45, 7) is 2.81. The second-order valence-electron chi connectivity index (χ2n) is 7.21. The number of hydrogen-bond donors (Lipinski definition) is 0. The van der Waals surface area contributed by atoms with Gasteiger partial charge in [0.1, 0.15) is 22.1 Å². The summed E-state index contributed by atoms with van der Waals surface area (Å²) in [4.78, 5) is 15.0. The van der Waals surface area contributed by atoms with Crippen LogP contribution in [0.5, 0.6) is 17.2 Å². The second-order valence-corrected chi connectivity index (χ2v) is 8.27. The summed E-state index contributed by atoms with van der Waals surface area (Å²) in [5.74, 6) is 1.92. The fourth-order valence-corrected chi connectivity index (χ4v) is 4.26. The summed E-state index contributed by atoms with van der Waals surface area (Å²) in [7, 11) is 1.64. The normalized spacial score (nSPS) is 10.5. The zero-order valence-corrected chi connectivity index (χ0v) is 19.4. The largest absolute Gasteiger partial charge is 0.497 e. The summed E-state index contributed by atoms with van der Waals surface area (Å²) in [5.41, 5.74) is 2.12. The van der Waals surface area contributed by atoms with E-state index in [9.17, 15) is 4.79 Å². The number of esters is 1. The van der Waals surface area contributed by atoms with Crippen LogP contribution in [-0.4, -0.2) is 19.7 Å². The maximum absolute atomic E-state index is 12.2. The Hall–Kier alpha value is -3.77. The van der Waals surface area contributed by atoms with Gasteiger partial charge in [0.15, 0.2) is 0 Å². The molecule has 168 valence electrons. The number of carbonyl (C=O) groups excluding carboxylic acids is 1. The number of rotatable bonds is 9. The smallest absolute Gasteiger partial charge is 0.348 e. The molecule has 0 spiro atoms. The van der Waals surface area contributed by atoms with Gasteiger partial charge in [0.2, 0.25) is 0 Å². The van der Waals surface area contributed by atoms with E-state index in [1.807, 2.05) is 85.8 Å². The molecular formula is C27H25NO4S. The molecule has 0 N–H and O–H groups in total. The Kier molecular flexibility index (Phi) is 7.27. The minimum atomic E-state index is -0.301. The highest BCUT2D eigenvalue weighted by atomic mass is 32.1. The van der Waals surface area contributed by atoms with Crippen LogP contribution >= 0.6 is 11.3 Å². The maximum Gasteiger partial charge on any atom is 0.348 e. The summed E-state index contributed by atoms with van der Waals surface area (Å²) in [6, 6.07) is 29.4. The lowest BCUT2D eigenvalue weighted by Crippen LogP contribution is -2.15. The molecule has 33 heavy (non-hydrogen) atoms. The number of anilines is 2. The van der Waals surface area contributed by atoms with Crippen molar-refractivity contribution in [2.75, 3.05) is 18.6 Å². The molecule has 0 unspecified atom stereocenters. The van der Waals surface area contributed by atoms with E-state index in [0.717, 1.165) is 33.5 Å². The zero-order valence-electron chi connectivity index (χ0n) is 18.6. The van der Waals surface area contributed by atoms with Gasteiger partial charge in [-0.15, -0.1) is 11.3 Å². The van der Waals surface area contributed by atoms with Gasteiger partial charge in [0.25, 0.3) is 0 Å². The number of ether oxygens (including phenoxy) is 3. The molecule has 0 aliphatic carbocycles. The minimum Gasteiger partial charge on any atom is -0.497 e. The lowest BCUT2D eigenvalue weighted by molar-refractivity contribution is 0.0532. The summed E-state index contributed by atoms with van der Waals surface area (Å²) in [6.07, 6.45) is 0. The van der Waals surface area contributed by atoms with Gasteiger partial charge in [-0.1, -0.05) is 36.4 Å². The van der Waals surface area contributed by atoms with Crippen molar-refractivity contribution in [3.05, 3.63) is 101 Å². The first-order chi connectivity index (χ1) is 16.2. The quantitative estimate of drug-likeness (QED) is 0.251. The molecule has 0 fully saturated rings. The summed E-state index contributed by atoms with van der Waals surface area (Å²) < 4.78 is 16.5. The molecule has 0 bridgehead atoms. The van der Waals surface area contributed by atoms with Crippen molar-refractivity contribution in [3.63, 3.8) is 0 Å². The molecule has 3 aromatic carbocycles. The monoisotopic (exact) mass is 459 g/mol. The summed E-state index contributed by atoms with van der Waals surface area (Å²) >= 11 is 1.41. The highest BCUT2D eigenvalue weighted by Gasteiger charge is 2.17. The maximum atomic E-state index is 12.2. The molecule has 4 rings (SSSR count). The van der Waals surface area contributed by atoms with E-state index < -0.39 is 0 Å². The van der Waals surface area contributed by atoms with Crippen molar-refractivity contribution in [2.45, 2.75) is 13.5 Å². The van der Waals surface area contributed by atoms with Crippen molar-refractivity contribution in [1.29, 1.82) is 0 Å². The Bertz CT molecular complexity index is 1190. The Balaban J connectivity index is 1.63. The molecule has 0 amide bonds. The van der Waals surface area contributed by atoms with Gasteiger partial charge in [-0.3, -0.25) is 0 Å². The van der Waals surface area contributed by atoms with Crippen molar-refractivity contribution in [1.82, 2.24) is 0 Å². The zero-order chi connectivity index (χ0) is 23.0. The standard InChI is InChI=1S/C27H25NO4S/c1-3-31-27(29)25-16-17-26(33-25)28(19-20-8-5-4-6-9-20)21-10-7-11-24(18-21)32-23-14-12-22(30-2)13-15-23/h4-18H,3,19H2,1-2H3. The average Bonchev–Trinajstić information content (AvgIpc) is 3.34. The van der Waals surface area contributed by atoms with E-state index in [1.54, 1.807) is 7.11 Å². The topological polar surface area (TPSA) is 48.0 Å². The van der Waals surface area contributed by atoms with Crippen LogP contribution in [0.3, 0.4) is 0 Å². The first kappa shape index (κ1) is 22.4. The molecule has 0 aliphatic heterocycles. The molecule has 0 radical (unpaired) electrons. The number of thiophene rings is 1. The number of nitrogens with zero attached hydrogens (tertiary/aromatic N) is 1. The van der Waals surface area contributed by atoms with E-state index in [2.05, 4.69) is 17.0 Å². The van der Waals surface area contributed by atoms with Crippen LogP contribution in [0.25, 0.3) is 0 Å². The second kappa shape index (κ2) is 10.7. The Morgan fingerprint density at radius 2 is 1.61 bits per heavy atom. The molecule has 6 heteroatoms. The molecule has 0 aliphatic rings. The van der Waals surface area contributed by atoms with Crippen molar-refractivity contribution in [3.8, 4) is 17.2 Å². The molecule has 4 aromatic rings. The SMILES string of the molecule is CCOC(=O)c1ccc(N(Cc2ccccc2)c2cccc(Oc3ccc(OC)cc3)c2)s1. The third kappa shape index (κ3) is 5.73. The predicted molar refractivity (Wildman–Crippen MR) is 132 cm³/mol. The Morgan fingerprint density at radius 1 is 0.848 bits per heavy atom. The number of carbonyl (C=O) groups is 1. The molecule has 1 aromatic heterocycles. The molecule has 5 nitrogen and oxygen atoms in total. The van der Waals surface area contributed by atoms with Crippen molar-refractivity contribution < 1.29 is 19.0 Å². The fraction of sp³-hybridized carbons (Fsp3) is 0.148. The van der Waals surface area contributed by atoms with Crippen LogP contribution in [0, 0.1) is 0 Å². The lowest BCUT2D eigenvalue weighted by Gasteiger charge is -2.24. The first-order valence-corrected chi connectivity index (χ1v) is 11.5. The van der Waals surface area contributed by atoms with Gasteiger partial charge in [0, 0.05) is 18.3 Å². The Morgan fingerprint density at radius 3 is 2.33 bits per heavy atom. The highest BCUT2D eigenvalue weighted by molar-refractivity contribution is 7.18. The van der Waals surface area contributed by atoms with E-state index in [-0.39, 0.29) is 5.97 Å². The third-order valence-corrected chi connectivity index (χ3v) is 6.03. The van der Waals surface area contributed by atoms with Gasteiger partial charge in [0.05, 0.1) is 18.7 Å². The minimum absolute atomic E-state index is 0.301. The van der Waals surface area contributed by atoms with E-state index in [1.165, 1.54) is 11.3 Å². The van der Waals surface area contributed by atoms with E-state index in [4.69, 9.17) is 14.2 Å². The third-order valence-electron chi connectivity index (χ3n) is 4.94. The fourth-order valence-electron chi connectivity index (χ4n) is 3.34.